The first-order valence-corrected chi connectivity index (χ1v) is 10.5. The third-order valence-electron chi connectivity index (χ3n) is 4.98. The Morgan fingerprint density at radius 2 is 1.56 bits per heavy atom. The fraction of sp³-hybridized carbons (Fsp3) is 0.350. The number of piperazine rings is 1. The highest BCUT2D eigenvalue weighted by Crippen LogP contribution is 2.27. The van der Waals surface area contributed by atoms with Gasteiger partial charge in [-0.05, 0) is 30.8 Å². The van der Waals surface area contributed by atoms with Gasteiger partial charge in [-0.2, -0.15) is 0 Å². The van der Waals surface area contributed by atoms with Gasteiger partial charge in [0.05, 0.1) is 16.1 Å². The lowest BCUT2D eigenvalue weighted by molar-refractivity contribution is 0.0644. The molecule has 0 N–H and O–H groups in total. The number of hydrogen-bond acceptors (Lipinski definition) is 4. The number of sulfonamides is 1. The van der Waals surface area contributed by atoms with Gasteiger partial charge in [0, 0.05) is 33.2 Å². The molecule has 1 saturated heterocycles. The van der Waals surface area contributed by atoms with Crippen LogP contribution >= 0.6 is 0 Å². The van der Waals surface area contributed by atoms with Gasteiger partial charge in [0.2, 0.25) is 0 Å². The van der Waals surface area contributed by atoms with Crippen LogP contribution in [0.15, 0.2) is 59.5 Å². The number of anilines is 1. The summed E-state index contributed by atoms with van der Waals surface area (Å²) < 4.78 is 27.1. The lowest BCUT2D eigenvalue weighted by atomic mass is 10.1. The molecule has 0 aromatic heterocycles. The molecule has 6 nitrogen and oxygen atoms in total. The van der Waals surface area contributed by atoms with Gasteiger partial charge in [0.15, 0.2) is 0 Å². The summed E-state index contributed by atoms with van der Waals surface area (Å²) in [6, 6.07) is 15.1. The van der Waals surface area contributed by atoms with Crippen LogP contribution in [0.1, 0.15) is 17.3 Å². The van der Waals surface area contributed by atoms with Crippen molar-refractivity contribution in [2.75, 3.05) is 44.1 Å². The predicted molar refractivity (Wildman–Crippen MR) is 106 cm³/mol. The number of amides is 1. The van der Waals surface area contributed by atoms with Crippen molar-refractivity contribution in [1.82, 2.24) is 9.80 Å². The Morgan fingerprint density at radius 1 is 0.963 bits per heavy atom. The van der Waals surface area contributed by atoms with Gasteiger partial charge in [0.25, 0.3) is 15.9 Å². The summed E-state index contributed by atoms with van der Waals surface area (Å²) in [5.74, 6) is -0.128. The van der Waals surface area contributed by atoms with Gasteiger partial charge in [-0.3, -0.25) is 9.10 Å². The van der Waals surface area contributed by atoms with Crippen molar-refractivity contribution in [3.63, 3.8) is 0 Å². The first-order chi connectivity index (χ1) is 12.9. The maximum absolute atomic E-state index is 13.1. The van der Waals surface area contributed by atoms with Gasteiger partial charge in [-0.1, -0.05) is 37.3 Å². The molecule has 0 atom stereocenters. The number of para-hydroxylation sites is 1. The molecular formula is C20H25N3O3S. The topological polar surface area (TPSA) is 60.9 Å². The molecule has 0 bridgehead atoms. The SMILES string of the molecule is CCN1CCN(C(=O)c2ccccc2N(C)S(=O)(=O)c2ccccc2)CC1. The Labute approximate surface area is 161 Å². The highest BCUT2D eigenvalue weighted by atomic mass is 32.2. The Hall–Kier alpha value is -2.38. The Bertz CT molecular complexity index is 892. The van der Waals surface area contributed by atoms with Crippen molar-refractivity contribution < 1.29 is 13.2 Å². The van der Waals surface area contributed by atoms with Crippen LogP contribution in [0.2, 0.25) is 0 Å². The number of carbonyl (C=O) groups is 1. The second kappa shape index (κ2) is 8.10. The Kier molecular flexibility index (Phi) is 5.82. The van der Waals surface area contributed by atoms with Crippen molar-refractivity contribution in [1.29, 1.82) is 0 Å². The van der Waals surface area contributed by atoms with E-state index < -0.39 is 10.0 Å². The summed E-state index contributed by atoms with van der Waals surface area (Å²) in [5.41, 5.74) is 0.800. The van der Waals surface area contributed by atoms with E-state index >= 15 is 0 Å². The summed E-state index contributed by atoms with van der Waals surface area (Å²) >= 11 is 0. The first kappa shape index (κ1) is 19.4. The van der Waals surface area contributed by atoms with E-state index in [0.717, 1.165) is 19.6 Å². The van der Waals surface area contributed by atoms with Gasteiger partial charge in [-0.25, -0.2) is 8.42 Å². The Balaban J connectivity index is 1.89. The molecule has 3 rings (SSSR count). The maximum atomic E-state index is 13.1. The zero-order valence-electron chi connectivity index (χ0n) is 15.7. The second-order valence-corrected chi connectivity index (χ2v) is 8.50. The minimum atomic E-state index is -3.74. The first-order valence-electron chi connectivity index (χ1n) is 9.09. The number of hydrogen-bond donors (Lipinski definition) is 0. The van der Waals surface area contributed by atoms with E-state index in [1.54, 1.807) is 59.5 Å². The van der Waals surface area contributed by atoms with Gasteiger partial charge >= 0.3 is 0 Å². The monoisotopic (exact) mass is 387 g/mol. The third-order valence-corrected chi connectivity index (χ3v) is 6.77. The lowest BCUT2D eigenvalue weighted by Crippen LogP contribution is -2.48. The zero-order valence-corrected chi connectivity index (χ0v) is 16.5. The van der Waals surface area contributed by atoms with Crippen molar-refractivity contribution in [2.45, 2.75) is 11.8 Å². The summed E-state index contributed by atoms with van der Waals surface area (Å²) in [4.78, 5) is 17.4. The van der Waals surface area contributed by atoms with E-state index in [4.69, 9.17) is 0 Å². The van der Waals surface area contributed by atoms with E-state index in [1.165, 1.54) is 11.4 Å². The molecule has 7 heteroatoms. The molecule has 1 amide bonds. The zero-order chi connectivity index (χ0) is 19.4. The highest BCUT2D eigenvalue weighted by molar-refractivity contribution is 7.92. The molecule has 0 saturated carbocycles. The normalized spacial score (nSPS) is 15.6. The van der Waals surface area contributed by atoms with Gasteiger partial charge in [0.1, 0.15) is 0 Å². The van der Waals surface area contributed by atoms with Gasteiger partial charge < -0.3 is 9.80 Å². The third kappa shape index (κ3) is 3.99. The molecule has 144 valence electrons. The quantitative estimate of drug-likeness (QED) is 0.790. The fourth-order valence-electron chi connectivity index (χ4n) is 3.25. The van der Waals surface area contributed by atoms with E-state index in [2.05, 4.69) is 11.8 Å². The van der Waals surface area contributed by atoms with E-state index in [9.17, 15) is 13.2 Å². The van der Waals surface area contributed by atoms with Crippen molar-refractivity contribution >= 4 is 21.6 Å². The average molecular weight is 388 g/mol. The number of benzene rings is 2. The predicted octanol–water partition coefficient (Wildman–Crippen LogP) is 2.29. The average Bonchev–Trinajstić information content (AvgIpc) is 2.73. The number of nitrogens with zero attached hydrogens (tertiary/aromatic N) is 3. The smallest absolute Gasteiger partial charge is 0.264 e. The van der Waals surface area contributed by atoms with Crippen molar-refractivity contribution in [3.8, 4) is 0 Å². The van der Waals surface area contributed by atoms with Crippen LogP contribution in [0, 0.1) is 0 Å². The van der Waals surface area contributed by atoms with Crippen LogP contribution in [0.4, 0.5) is 5.69 Å². The lowest BCUT2D eigenvalue weighted by Gasteiger charge is -2.34. The molecule has 1 aliphatic rings. The summed E-state index contributed by atoms with van der Waals surface area (Å²) in [5, 5.41) is 0. The standard InChI is InChI=1S/C20H25N3O3S/c1-3-22-13-15-23(16-14-22)20(24)18-11-7-8-12-19(18)21(2)27(25,26)17-9-5-4-6-10-17/h4-12H,3,13-16H2,1-2H3. The molecule has 0 radical (unpaired) electrons. The molecule has 0 unspecified atom stereocenters. The molecule has 2 aromatic rings. The molecule has 0 spiro atoms. The number of carbonyl (C=O) groups excluding carboxylic acids is 1. The number of likely N-dealkylation sites (N-methyl/N-ethyl adjacent to an activating group) is 1. The molecular weight excluding hydrogens is 362 g/mol. The van der Waals surface area contributed by atoms with Crippen LogP contribution in [-0.4, -0.2) is 63.9 Å². The Morgan fingerprint density at radius 3 is 2.19 bits per heavy atom. The largest absolute Gasteiger partial charge is 0.336 e. The summed E-state index contributed by atoms with van der Waals surface area (Å²) in [6.45, 7) is 6.05. The van der Waals surface area contributed by atoms with Gasteiger partial charge in [-0.15, -0.1) is 0 Å². The molecule has 27 heavy (non-hydrogen) atoms. The fourth-order valence-corrected chi connectivity index (χ4v) is 4.48. The van der Waals surface area contributed by atoms with E-state index in [0.29, 0.717) is 24.3 Å². The maximum Gasteiger partial charge on any atom is 0.264 e. The van der Waals surface area contributed by atoms with Crippen LogP contribution in [0.5, 0.6) is 0 Å². The van der Waals surface area contributed by atoms with Crippen LogP contribution in [0.25, 0.3) is 0 Å². The highest BCUT2D eigenvalue weighted by Gasteiger charge is 2.28. The summed E-state index contributed by atoms with van der Waals surface area (Å²) in [6.07, 6.45) is 0. The molecule has 1 heterocycles. The van der Waals surface area contributed by atoms with Crippen LogP contribution < -0.4 is 4.31 Å². The minimum absolute atomic E-state index is 0.128. The number of rotatable bonds is 5. The summed E-state index contributed by atoms with van der Waals surface area (Å²) in [7, 11) is -2.25. The van der Waals surface area contributed by atoms with Crippen LogP contribution in [-0.2, 0) is 10.0 Å². The van der Waals surface area contributed by atoms with Crippen molar-refractivity contribution in [3.05, 3.63) is 60.2 Å². The molecule has 2 aromatic carbocycles. The van der Waals surface area contributed by atoms with Crippen molar-refractivity contribution in [2.24, 2.45) is 0 Å². The molecule has 0 aliphatic carbocycles. The molecule has 1 fully saturated rings. The molecule has 1 aliphatic heterocycles. The second-order valence-electron chi connectivity index (χ2n) is 6.53. The minimum Gasteiger partial charge on any atom is -0.336 e. The van der Waals surface area contributed by atoms with Crippen LogP contribution in [0.3, 0.4) is 0 Å². The van der Waals surface area contributed by atoms with E-state index in [-0.39, 0.29) is 10.8 Å². The van der Waals surface area contributed by atoms with E-state index in [1.807, 2.05) is 0 Å².